The third-order valence-corrected chi connectivity index (χ3v) is 8.93. The maximum atomic E-state index is 5.22. The summed E-state index contributed by atoms with van der Waals surface area (Å²) in [5.74, 6) is 0. The number of hydrogen-bond acceptors (Lipinski definition) is 1. The second-order valence-electron chi connectivity index (χ2n) is 10.4. The smallest absolute Gasteiger partial charge is 0.0788 e. The van der Waals surface area contributed by atoms with E-state index in [1.54, 1.807) is 0 Å². The van der Waals surface area contributed by atoms with Crippen LogP contribution in [0.4, 0.5) is 0 Å². The van der Waals surface area contributed by atoms with Gasteiger partial charge in [0.1, 0.15) is 0 Å². The van der Waals surface area contributed by atoms with Crippen molar-refractivity contribution in [2.24, 2.45) is 0 Å². The van der Waals surface area contributed by atoms with E-state index in [9.17, 15) is 0 Å². The molecule has 0 spiro atoms. The summed E-state index contributed by atoms with van der Waals surface area (Å²) in [4.78, 5) is 5.22. The van der Waals surface area contributed by atoms with Crippen LogP contribution in [0.25, 0.3) is 44.1 Å². The van der Waals surface area contributed by atoms with E-state index in [0.717, 1.165) is 21.2 Å². The van der Waals surface area contributed by atoms with Crippen LogP contribution in [0.3, 0.4) is 0 Å². The van der Waals surface area contributed by atoms with E-state index in [0.29, 0.717) is 0 Å². The van der Waals surface area contributed by atoms with Gasteiger partial charge in [-0.05, 0) is 51.6 Å². The maximum Gasteiger partial charge on any atom is 0.0788 e. The fourth-order valence-corrected chi connectivity index (χ4v) is 7.07. The second kappa shape index (κ2) is 9.01. The van der Waals surface area contributed by atoms with E-state index in [1.807, 2.05) is 0 Å². The molecule has 1 aliphatic rings. The van der Waals surface area contributed by atoms with Gasteiger partial charge in [0.2, 0.25) is 0 Å². The van der Waals surface area contributed by atoms with Gasteiger partial charge in [-0.15, -0.1) is 0 Å². The number of fused-ring (bicyclic) bond motifs is 7. The van der Waals surface area contributed by atoms with E-state index in [4.69, 9.17) is 4.98 Å². The lowest BCUT2D eigenvalue weighted by Gasteiger charge is -2.34. The molecule has 1 aromatic heterocycles. The van der Waals surface area contributed by atoms with Crippen molar-refractivity contribution < 1.29 is 0 Å². The molecule has 188 valence electrons. The summed E-state index contributed by atoms with van der Waals surface area (Å²) in [7, 11) is 0. The molecule has 0 saturated heterocycles. The first-order valence-corrected chi connectivity index (χ1v) is 14.4. The number of benzene rings is 6. The van der Waals surface area contributed by atoms with Gasteiger partial charge < -0.3 is 0 Å². The van der Waals surface area contributed by atoms with Crippen molar-refractivity contribution in [2.75, 3.05) is 0 Å². The SMILES string of the molecule is Brc1ccc(-c2nc3ccccc3c3c4c(ccc23)C(c2ccccc2)(c2ccccc2)c2ccccc2-4)cc1. The zero-order valence-corrected chi connectivity index (χ0v) is 23.3. The van der Waals surface area contributed by atoms with Crippen LogP contribution in [-0.2, 0) is 5.41 Å². The number of aromatic nitrogens is 1. The van der Waals surface area contributed by atoms with Crippen molar-refractivity contribution in [1.82, 2.24) is 4.98 Å². The molecular weight excluding hydrogens is 550 g/mol. The molecule has 0 unspecified atom stereocenters. The van der Waals surface area contributed by atoms with Gasteiger partial charge >= 0.3 is 0 Å². The maximum absolute atomic E-state index is 5.22. The number of hydrogen-bond donors (Lipinski definition) is 0. The Morgan fingerprint density at radius 2 is 1.12 bits per heavy atom. The number of rotatable bonds is 3. The highest BCUT2D eigenvalue weighted by Gasteiger charge is 2.46. The minimum atomic E-state index is -0.426. The molecule has 0 radical (unpaired) electrons. The van der Waals surface area contributed by atoms with Crippen LogP contribution in [0, 0.1) is 0 Å². The van der Waals surface area contributed by atoms with Crippen LogP contribution in [0.15, 0.2) is 150 Å². The highest BCUT2D eigenvalue weighted by molar-refractivity contribution is 9.10. The predicted octanol–water partition coefficient (Wildman–Crippen LogP) is 10.2. The van der Waals surface area contributed by atoms with Crippen LogP contribution in [0.5, 0.6) is 0 Å². The Morgan fingerprint density at radius 1 is 0.500 bits per heavy atom. The van der Waals surface area contributed by atoms with E-state index >= 15 is 0 Å². The number of halogens is 1. The van der Waals surface area contributed by atoms with Gasteiger partial charge in [0.15, 0.2) is 0 Å². The van der Waals surface area contributed by atoms with Crippen molar-refractivity contribution >= 4 is 37.6 Å². The molecule has 0 amide bonds. The standard InChI is InChI=1S/C38H24BrN/c39-28-21-19-25(20-22-28)37-31-23-24-33-36(35(31)30-16-8-10-18-34(30)40-37)29-15-7-9-17-32(29)38(33,26-11-3-1-4-12-26)27-13-5-2-6-14-27/h1-24H. The Balaban J connectivity index is 1.59. The molecule has 0 bridgehead atoms. The molecule has 6 aromatic carbocycles. The highest BCUT2D eigenvalue weighted by Crippen LogP contribution is 2.58. The van der Waals surface area contributed by atoms with Crippen LogP contribution >= 0.6 is 15.9 Å². The fraction of sp³-hybridized carbons (Fsp3) is 0.0263. The number of para-hydroxylation sites is 1. The van der Waals surface area contributed by atoms with E-state index in [1.165, 1.54) is 49.5 Å². The zero-order chi connectivity index (χ0) is 26.7. The lowest BCUT2D eigenvalue weighted by molar-refractivity contribution is 0.769. The summed E-state index contributed by atoms with van der Waals surface area (Å²) >= 11 is 3.60. The molecular formula is C38H24BrN. The van der Waals surface area contributed by atoms with Crippen LogP contribution in [-0.4, -0.2) is 4.98 Å². The molecule has 7 aromatic rings. The van der Waals surface area contributed by atoms with Crippen molar-refractivity contribution in [3.05, 3.63) is 172 Å². The van der Waals surface area contributed by atoms with Gasteiger partial charge in [-0.3, -0.25) is 0 Å². The van der Waals surface area contributed by atoms with Gasteiger partial charge in [-0.2, -0.15) is 0 Å². The summed E-state index contributed by atoms with van der Waals surface area (Å²) in [5.41, 5.74) is 10.5. The first-order chi connectivity index (χ1) is 19.8. The van der Waals surface area contributed by atoms with Gasteiger partial charge in [-0.1, -0.05) is 143 Å². The minimum Gasteiger partial charge on any atom is -0.247 e. The monoisotopic (exact) mass is 573 g/mol. The van der Waals surface area contributed by atoms with E-state index in [2.05, 4.69) is 162 Å². The first-order valence-electron chi connectivity index (χ1n) is 13.6. The molecule has 1 heterocycles. The molecule has 0 atom stereocenters. The zero-order valence-electron chi connectivity index (χ0n) is 21.7. The second-order valence-corrected chi connectivity index (χ2v) is 11.3. The summed E-state index contributed by atoms with van der Waals surface area (Å²) in [6.07, 6.45) is 0. The lowest BCUT2D eigenvalue weighted by Crippen LogP contribution is -2.28. The average molecular weight is 575 g/mol. The molecule has 8 rings (SSSR count). The van der Waals surface area contributed by atoms with Crippen molar-refractivity contribution in [1.29, 1.82) is 0 Å². The summed E-state index contributed by atoms with van der Waals surface area (Å²) < 4.78 is 1.06. The van der Waals surface area contributed by atoms with Crippen LogP contribution in [0.1, 0.15) is 22.3 Å². The third kappa shape index (κ3) is 3.23. The number of pyridine rings is 1. The first kappa shape index (κ1) is 23.4. The van der Waals surface area contributed by atoms with Gasteiger partial charge in [0.25, 0.3) is 0 Å². The quantitative estimate of drug-likeness (QED) is 0.191. The molecule has 2 heteroatoms. The lowest BCUT2D eigenvalue weighted by atomic mass is 9.67. The summed E-state index contributed by atoms with van der Waals surface area (Å²) in [6, 6.07) is 52.7. The highest BCUT2D eigenvalue weighted by atomic mass is 79.9. The van der Waals surface area contributed by atoms with Gasteiger partial charge in [-0.25, -0.2) is 4.98 Å². The van der Waals surface area contributed by atoms with Gasteiger partial charge in [0, 0.05) is 26.2 Å². The normalized spacial score (nSPS) is 13.3. The van der Waals surface area contributed by atoms with Crippen LogP contribution < -0.4 is 0 Å². The molecule has 1 aliphatic carbocycles. The molecule has 0 aliphatic heterocycles. The van der Waals surface area contributed by atoms with E-state index < -0.39 is 5.41 Å². The summed E-state index contributed by atoms with van der Waals surface area (Å²) in [5, 5.41) is 3.62. The molecule has 0 saturated carbocycles. The molecule has 0 N–H and O–H groups in total. The van der Waals surface area contributed by atoms with Crippen molar-refractivity contribution in [3.63, 3.8) is 0 Å². The predicted molar refractivity (Wildman–Crippen MR) is 170 cm³/mol. The summed E-state index contributed by atoms with van der Waals surface area (Å²) in [6.45, 7) is 0. The Kier molecular flexibility index (Phi) is 5.26. The third-order valence-electron chi connectivity index (χ3n) is 8.40. The average Bonchev–Trinajstić information content (AvgIpc) is 3.33. The topological polar surface area (TPSA) is 12.9 Å². The Morgan fingerprint density at radius 3 is 1.85 bits per heavy atom. The molecule has 0 fully saturated rings. The minimum absolute atomic E-state index is 0.426. The largest absolute Gasteiger partial charge is 0.247 e. The van der Waals surface area contributed by atoms with Gasteiger partial charge in [0.05, 0.1) is 16.6 Å². The van der Waals surface area contributed by atoms with E-state index in [-0.39, 0.29) is 0 Å². The Bertz CT molecular complexity index is 2010. The van der Waals surface area contributed by atoms with Crippen LogP contribution in [0.2, 0.25) is 0 Å². The Hall–Kier alpha value is -4.53. The molecule has 40 heavy (non-hydrogen) atoms. The van der Waals surface area contributed by atoms with Crippen molar-refractivity contribution in [2.45, 2.75) is 5.41 Å². The number of nitrogens with zero attached hydrogens (tertiary/aromatic N) is 1. The Labute approximate surface area is 241 Å². The molecule has 1 nitrogen and oxygen atoms in total. The van der Waals surface area contributed by atoms with Crippen molar-refractivity contribution in [3.8, 4) is 22.4 Å². The fourth-order valence-electron chi connectivity index (χ4n) is 6.80.